The van der Waals surface area contributed by atoms with Crippen LogP contribution in [0.5, 0.6) is 11.6 Å². The summed E-state index contributed by atoms with van der Waals surface area (Å²) >= 11 is 12.3. The van der Waals surface area contributed by atoms with Gasteiger partial charge in [0.1, 0.15) is 17.2 Å². The standard InChI is InChI=1S/C15H16Cl2N2O/c1-4-5-12-14(17)18-8-19-15(12)20-11-6-9(2)13(16)10(3)7-11/h6-8H,4-5H2,1-3H3. The van der Waals surface area contributed by atoms with Gasteiger partial charge in [-0.3, -0.25) is 0 Å². The summed E-state index contributed by atoms with van der Waals surface area (Å²) in [5.74, 6) is 1.21. The summed E-state index contributed by atoms with van der Waals surface area (Å²) < 4.78 is 5.87. The van der Waals surface area contributed by atoms with Crippen LogP contribution in [0, 0.1) is 13.8 Å². The zero-order valence-corrected chi connectivity index (χ0v) is 13.2. The smallest absolute Gasteiger partial charge is 0.227 e. The molecule has 0 amide bonds. The molecule has 0 aliphatic rings. The fourth-order valence-corrected chi connectivity index (χ4v) is 2.33. The minimum Gasteiger partial charge on any atom is -0.439 e. The third-order valence-electron chi connectivity index (χ3n) is 2.98. The molecule has 1 aromatic heterocycles. The number of aryl methyl sites for hydroxylation is 2. The van der Waals surface area contributed by atoms with Gasteiger partial charge in [-0.1, -0.05) is 36.5 Å². The molecule has 0 unspecified atom stereocenters. The van der Waals surface area contributed by atoms with E-state index in [0.717, 1.165) is 34.6 Å². The van der Waals surface area contributed by atoms with Crippen molar-refractivity contribution in [3.8, 4) is 11.6 Å². The molecule has 0 atom stereocenters. The second-order valence-corrected chi connectivity index (χ2v) is 5.41. The predicted molar refractivity (Wildman–Crippen MR) is 82.0 cm³/mol. The minimum absolute atomic E-state index is 0.444. The number of ether oxygens (including phenoxy) is 1. The maximum Gasteiger partial charge on any atom is 0.227 e. The van der Waals surface area contributed by atoms with Crippen LogP contribution in [-0.2, 0) is 6.42 Å². The predicted octanol–water partition coefficient (Wildman–Crippen LogP) is 5.15. The van der Waals surface area contributed by atoms with E-state index in [9.17, 15) is 0 Å². The molecule has 5 heteroatoms. The van der Waals surface area contributed by atoms with Gasteiger partial charge in [0.05, 0.1) is 5.56 Å². The van der Waals surface area contributed by atoms with Crippen LogP contribution in [0.3, 0.4) is 0 Å². The maximum atomic E-state index is 6.16. The quantitative estimate of drug-likeness (QED) is 0.733. The monoisotopic (exact) mass is 310 g/mol. The Morgan fingerprint density at radius 2 is 1.75 bits per heavy atom. The van der Waals surface area contributed by atoms with Crippen LogP contribution in [0.1, 0.15) is 30.0 Å². The first kappa shape index (κ1) is 15.1. The molecule has 20 heavy (non-hydrogen) atoms. The number of rotatable bonds is 4. The highest BCUT2D eigenvalue weighted by Crippen LogP contribution is 2.31. The molecule has 0 bridgehead atoms. The van der Waals surface area contributed by atoms with Gasteiger partial charge in [0.25, 0.3) is 0 Å². The summed E-state index contributed by atoms with van der Waals surface area (Å²) in [5.41, 5.74) is 2.78. The molecule has 1 heterocycles. The Bertz CT molecular complexity index is 606. The zero-order valence-electron chi connectivity index (χ0n) is 11.7. The number of benzene rings is 1. The highest BCUT2D eigenvalue weighted by molar-refractivity contribution is 6.32. The van der Waals surface area contributed by atoms with Crippen LogP contribution in [0.25, 0.3) is 0 Å². The van der Waals surface area contributed by atoms with E-state index in [-0.39, 0.29) is 0 Å². The van der Waals surface area contributed by atoms with Gasteiger partial charge in [0, 0.05) is 5.02 Å². The van der Waals surface area contributed by atoms with E-state index in [0.29, 0.717) is 16.8 Å². The van der Waals surface area contributed by atoms with Crippen LogP contribution < -0.4 is 4.74 Å². The van der Waals surface area contributed by atoms with E-state index < -0.39 is 0 Å². The summed E-state index contributed by atoms with van der Waals surface area (Å²) in [5, 5.41) is 1.20. The fraction of sp³-hybridized carbons (Fsp3) is 0.333. The van der Waals surface area contributed by atoms with E-state index in [4.69, 9.17) is 27.9 Å². The third kappa shape index (κ3) is 3.22. The van der Waals surface area contributed by atoms with Crippen molar-refractivity contribution in [2.75, 3.05) is 0 Å². The third-order valence-corrected chi connectivity index (χ3v) is 3.90. The van der Waals surface area contributed by atoms with E-state index in [1.807, 2.05) is 26.0 Å². The fourth-order valence-electron chi connectivity index (χ4n) is 2.00. The molecule has 106 valence electrons. The molecule has 0 spiro atoms. The van der Waals surface area contributed by atoms with Crippen molar-refractivity contribution in [2.45, 2.75) is 33.6 Å². The van der Waals surface area contributed by atoms with Gasteiger partial charge < -0.3 is 4.74 Å². The Morgan fingerprint density at radius 3 is 2.35 bits per heavy atom. The molecule has 0 N–H and O–H groups in total. The summed E-state index contributed by atoms with van der Waals surface area (Å²) in [7, 11) is 0. The van der Waals surface area contributed by atoms with Gasteiger partial charge in [-0.15, -0.1) is 0 Å². The van der Waals surface area contributed by atoms with E-state index >= 15 is 0 Å². The largest absolute Gasteiger partial charge is 0.439 e. The lowest BCUT2D eigenvalue weighted by molar-refractivity contribution is 0.453. The Labute approximate surface area is 128 Å². The van der Waals surface area contributed by atoms with Gasteiger partial charge in [0.15, 0.2) is 0 Å². The lowest BCUT2D eigenvalue weighted by Crippen LogP contribution is -1.98. The van der Waals surface area contributed by atoms with Crippen LogP contribution in [0.2, 0.25) is 10.2 Å². The Morgan fingerprint density at radius 1 is 1.10 bits per heavy atom. The van der Waals surface area contributed by atoms with Crippen molar-refractivity contribution in [3.63, 3.8) is 0 Å². The van der Waals surface area contributed by atoms with Crippen molar-refractivity contribution in [1.29, 1.82) is 0 Å². The van der Waals surface area contributed by atoms with Gasteiger partial charge >= 0.3 is 0 Å². The number of hydrogen-bond donors (Lipinski definition) is 0. The van der Waals surface area contributed by atoms with Gasteiger partial charge in [-0.2, -0.15) is 0 Å². The van der Waals surface area contributed by atoms with Gasteiger partial charge in [-0.05, 0) is 43.5 Å². The van der Waals surface area contributed by atoms with Crippen LogP contribution in [-0.4, -0.2) is 9.97 Å². The molecule has 0 fully saturated rings. The molecule has 1 aromatic carbocycles. The molecule has 0 aliphatic carbocycles. The molecule has 0 radical (unpaired) electrons. The van der Waals surface area contributed by atoms with Crippen LogP contribution >= 0.6 is 23.2 Å². The lowest BCUT2D eigenvalue weighted by atomic mass is 10.1. The number of aromatic nitrogens is 2. The van der Waals surface area contributed by atoms with Crippen molar-refractivity contribution in [1.82, 2.24) is 9.97 Å². The molecular formula is C15H16Cl2N2O. The number of hydrogen-bond acceptors (Lipinski definition) is 3. The highest BCUT2D eigenvalue weighted by Gasteiger charge is 2.12. The first-order chi connectivity index (χ1) is 9.52. The molecule has 2 aromatic rings. The van der Waals surface area contributed by atoms with Crippen molar-refractivity contribution in [3.05, 3.63) is 45.3 Å². The summed E-state index contributed by atoms with van der Waals surface area (Å²) in [6, 6.07) is 3.78. The van der Waals surface area contributed by atoms with Crippen LogP contribution in [0.4, 0.5) is 0 Å². The van der Waals surface area contributed by atoms with E-state index in [1.54, 1.807) is 0 Å². The SMILES string of the molecule is CCCc1c(Cl)ncnc1Oc1cc(C)c(Cl)c(C)c1. The molecular weight excluding hydrogens is 295 g/mol. The number of nitrogens with zero attached hydrogens (tertiary/aromatic N) is 2. The minimum atomic E-state index is 0.444. The molecule has 0 saturated heterocycles. The normalized spacial score (nSPS) is 10.7. The average molecular weight is 311 g/mol. The molecule has 0 aliphatic heterocycles. The Kier molecular flexibility index (Phi) is 4.84. The molecule has 2 rings (SSSR count). The van der Waals surface area contributed by atoms with E-state index in [1.165, 1.54) is 6.33 Å². The van der Waals surface area contributed by atoms with Crippen molar-refractivity contribution >= 4 is 23.2 Å². The van der Waals surface area contributed by atoms with Gasteiger partial charge in [0.2, 0.25) is 5.88 Å². The Balaban J connectivity index is 2.37. The molecule has 0 saturated carbocycles. The van der Waals surface area contributed by atoms with Crippen molar-refractivity contribution in [2.24, 2.45) is 0 Å². The average Bonchev–Trinajstić information content (AvgIpc) is 2.40. The topological polar surface area (TPSA) is 35.0 Å². The second kappa shape index (κ2) is 6.42. The number of halogens is 2. The first-order valence-corrected chi connectivity index (χ1v) is 7.22. The maximum absolute atomic E-state index is 6.16. The van der Waals surface area contributed by atoms with Gasteiger partial charge in [-0.25, -0.2) is 9.97 Å². The summed E-state index contributed by atoms with van der Waals surface area (Å²) in [6.45, 7) is 5.97. The lowest BCUT2D eigenvalue weighted by Gasteiger charge is -2.12. The zero-order chi connectivity index (χ0) is 14.7. The second-order valence-electron chi connectivity index (χ2n) is 4.67. The highest BCUT2D eigenvalue weighted by atomic mass is 35.5. The molecule has 3 nitrogen and oxygen atoms in total. The Hall–Kier alpha value is -1.32. The van der Waals surface area contributed by atoms with Crippen molar-refractivity contribution < 1.29 is 4.74 Å². The summed E-state index contributed by atoms with van der Waals surface area (Å²) in [4.78, 5) is 8.19. The van der Waals surface area contributed by atoms with E-state index in [2.05, 4.69) is 16.9 Å². The van der Waals surface area contributed by atoms with Crippen LogP contribution in [0.15, 0.2) is 18.5 Å². The first-order valence-electron chi connectivity index (χ1n) is 6.47. The summed E-state index contributed by atoms with van der Waals surface area (Å²) in [6.07, 6.45) is 3.13.